The van der Waals surface area contributed by atoms with Crippen molar-refractivity contribution in [3.05, 3.63) is 65.2 Å². The summed E-state index contributed by atoms with van der Waals surface area (Å²) in [6.07, 6.45) is -7.59. The van der Waals surface area contributed by atoms with Crippen LogP contribution in [0.4, 0.5) is 11.8 Å². The Labute approximate surface area is 513 Å². The van der Waals surface area contributed by atoms with E-state index in [2.05, 4.69) is 58.1 Å². The number of aromatic nitrogens is 8. The van der Waals surface area contributed by atoms with Crippen LogP contribution in [0.25, 0.3) is 22.3 Å². The van der Waals surface area contributed by atoms with Gasteiger partial charge in [-0.15, -0.1) is 0 Å². The van der Waals surface area contributed by atoms with Gasteiger partial charge in [-0.2, -0.15) is 20.8 Å². The lowest BCUT2D eigenvalue weighted by atomic mass is 9.87. The number of hydrogen-bond donors (Lipinski definition) is 4. The third-order valence-electron chi connectivity index (χ3n) is 15.2. The number of ether oxygens (including phenoxy) is 2. The number of alkyl halides is 1. The summed E-state index contributed by atoms with van der Waals surface area (Å²) in [4.78, 5) is 78.0. The molecule has 2 unspecified atom stereocenters. The van der Waals surface area contributed by atoms with E-state index in [-0.39, 0.29) is 71.0 Å². The summed E-state index contributed by atoms with van der Waals surface area (Å²) in [6.45, 7) is 18.2. The summed E-state index contributed by atoms with van der Waals surface area (Å²) < 4.78 is 79.0. The number of carbonyl (C=O) groups excluding carboxylic acids is 2. The molecule has 0 saturated carbocycles. The highest BCUT2D eigenvalue weighted by molar-refractivity contribution is 14.1. The molecule has 0 radical (unpaired) electrons. The van der Waals surface area contributed by atoms with E-state index in [4.69, 9.17) is 57.7 Å². The standard InChI is InChI=1S/C52H72IN13O14P2SSi2/c1-31(2)45(67)63-50-62-44-36(47(69)64-50)60-30-66(44)49-41(78-82(83,73-25-17-22-55)74-26-18-23-56)40(80-85(11,12)52(6,7)8)39(76-49)37(77-81(70,71)72-24-16-21-54)34-33(27-53)75-48(38(34)79-84(9,10)51(3,4)5)65-29-59-35-42(57-28-58-43(35)65)61-46(68)32-19-14-13-15-20-32/h13-15,19-20,28-31,33-34,37-41,48-49H,16-18,24-27H2,1-12H3,(H,70,71)(H,57,58,61,68)(H2,62,63,64,67,69)/t33-,34+,37?,38-,39+,40-,41-,48-,49-/m1/s1. The zero-order chi connectivity index (χ0) is 62.5. The largest absolute Gasteiger partial charge is 0.472 e. The number of carbonyl (C=O) groups is 2. The van der Waals surface area contributed by atoms with Crippen molar-refractivity contribution in [1.29, 1.82) is 15.8 Å². The maximum atomic E-state index is 14.9. The Hall–Kier alpha value is -4.83. The summed E-state index contributed by atoms with van der Waals surface area (Å²) in [5, 5.41) is 33.3. The maximum Gasteiger partial charge on any atom is 0.472 e. The number of phosphoric ester groups is 1. The number of H-pyrrole nitrogens is 1. The lowest BCUT2D eigenvalue weighted by Crippen LogP contribution is -2.56. The summed E-state index contributed by atoms with van der Waals surface area (Å²) in [7, 11) is -11.5. The SMILES string of the molecule is CC(C)C(=O)Nc1nc2c(ncn2[C@@H]2O[C@@H](C(OP(=O)(O)OCCC#N)[C@H]3[C@@H](O[Si](C)(C)C(C)(C)C)[C@H](n4cnc5c(NC(=O)c6ccccc6)ncnc54)O[C@@H]3CI)[C@@H](O[Si](C)(C)C(C)(C)C)[C@H]2OP(=S)(OCCC#N)OCCC#N)c(=O)[nH]1. The second kappa shape index (κ2) is 27.7. The molecule has 33 heteroatoms. The van der Waals surface area contributed by atoms with Gasteiger partial charge < -0.3 is 37.6 Å². The van der Waals surface area contributed by atoms with Crippen LogP contribution < -0.4 is 16.2 Å². The second-order valence-corrected chi connectivity index (χ2v) is 38.3. The maximum absolute atomic E-state index is 14.9. The van der Waals surface area contributed by atoms with E-state index in [0.717, 1.165) is 0 Å². The number of benzene rings is 1. The van der Waals surface area contributed by atoms with Crippen LogP contribution in [0.3, 0.4) is 0 Å². The van der Waals surface area contributed by atoms with E-state index in [0.29, 0.717) is 5.56 Å². The molecule has 1 aromatic carbocycles. The Balaban J connectivity index is 1.51. The number of phosphoric acid groups is 1. The van der Waals surface area contributed by atoms with E-state index < -0.39 is 126 Å². The minimum atomic E-state index is -5.30. The molecule has 2 saturated heterocycles. The molecule has 4 aromatic heterocycles. The number of halogens is 1. The summed E-state index contributed by atoms with van der Waals surface area (Å²) in [5.74, 6) is -2.71. The molecule has 2 aliphatic rings. The van der Waals surface area contributed by atoms with Crippen molar-refractivity contribution < 1.29 is 60.0 Å². The molecule has 2 aliphatic heterocycles. The summed E-state index contributed by atoms with van der Waals surface area (Å²) in [6, 6.07) is 14.5. The molecule has 460 valence electrons. The van der Waals surface area contributed by atoms with Gasteiger partial charge in [0, 0.05) is 21.8 Å². The molecule has 5 aromatic rings. The Morgan fingerprint density at radius 1 is 0.812 bits per heavy atom. The molecule has 7 rings (SSSR count). The van der Waals surface area contributed by atoms with E-state index in [9.17, 15) is 39.6 Å². The summed E-state index contributed by atoms with van der Waals surface area (Å²) >= 11 is 8.28. The number of imidazole rings is 2. The molecule has 2 amide bonds. The minimum absolute atomic E-state index is 0.102. The van der Waals surface area contributed by atoms with Gasteiger partial charge in [-0.05, 0) is 60.2 Å². The zero-order valence-corrected chi connectivity index (χ0v) is 56.0. The van der Waals surface area contributed by atoms with Crippen molar-refractivity contribution in [2.45, 2.75) is 160 Å². The molecule has 4 N–H and O–H groups in total. The molecular weight excluding hydrogens is 1310 g/mol. The Kier molecular flexibility index (Phi) is 22.1. The first-order valence-corrected chi connectivity index (χ1v) is 38.7. The van der Waals surface area contributed by atoms with E-state index in [1.807, 2.05) is 85.9 Å². The fraction of sp³-hybridized carbons (Fsp3) is 0.596. The Morgan fingerprint density at radius 2 is 1.36 bits per heavy atom. The van der Waals surface area contributed by atoms with Crippen molar-refractivity contribution in [3.8, 4) is 18.2 Å². The zero-order valence-electron chi connectivity index (χ0n) is 49.2. The second-order valence-electron chi connectivity index (χ2n) is 23.5. The van der Waals surface area contributed by atoms with Crippen LogP contribution in [0.15, 0.2) is 54.1 Å². The van der Waals surface area contributed by atoms with Crippen molar-refractivity contribution in [1.82, 2.24) is 39.0 Å². The average molecular weight is 1380 g/mol. The first-order chi connectivity index (χ1) is 39.9. The normalized spacial score (nSPS) is 22.4. The van der Waals surface area contributed by atoms with Gasteiger partial charge in [0.15, 0.2) is 57.2 Å². The predicted molar refractivity (Wildman–Crippen MR) is 328 cm³/mol. The fourth-order valence-electron chi connectivity index (χ4n) is 8.81. The minimum Gasteiger partial charge on any atom is -0.409 e. The number of nitrogens with zero attached hydrogens (tertiary/aromatic N) is 10. The van der Waals surface area contributed by atoms with Gasteiger partial charge >= 0.3 is 14.5 Å². The van der Waals surface area contributed by atoms with Crippen molar-refractivity contribution in [3.63, 3.8) is 0 Å². The van der Waals surface area contributed by atoms with Gasteiger partial charge in [-0.3, -0.25) is 47.4 Å². The molecule has 10 atom stereocenters. The van der Waals surface area contributed by atoms with Crippen molar-refractivity contribution in [2.24, 2.45) is 11.8 Å². The number of anilines is 2. The molecule has 0 bridgehead atoms. The van der Waals surface area contributed by atoms with Crippen LogP contribution >= 0.6 is 37.1 Å². The van der Waals surface area contributed by atoms with Crippen LogP contribution in [0.5, 0.6) is 0 Å². The fourth-order valence-corrected chi connectivity index (χ4v) is 15.3. The number of nitriles is 3. The van der Waals surface area contributed by atoms with Crippen LogP contribution in [0.2, 0.25) is 36.3 Å². The van der Waals surface area contributed by atoms with Crippen LogP contribution in [-0.2, 0) is 62.1 Å². The lowest BCUT2D eigenvalue weighted by molar-refractivity contribution is -0.119. The van der Waals surface area contributed by atoms with Crippen molar-refractivity contribution in [2.75, 3.05) is 34.9 Å². The first kappa shape index (κ1) is 67.7. The van der Waals surface area contributed by atoms with Crippen molar-refractivity contribution >= 4 is 111 Å². The highest BCUT2D eigenvalue weighted by atomic mass is 127. The molecule has 85 heavy (non-hydrogen) atoms. The van der Waals surface area contributed by atoms with Gasteiger partial charge in [-0.25, -0.2) is 24.5 Å². The molecule has 2 fully saturated rings. The highest BCUT2D eigenvalue weighted by Gasteiger charge is 2.63. The van der Waals surface area contributed by atoms with Gasteiger partial charge in [0.05, 0.1) is 82.2 Å². The average Bonchev–Trinajstić information content (AvgIpc) is 1.74. The smallest absolute Gasteiger partial charge is 0.409 e. The Morgan fingerprint density at radius 3 is 1.93 bits per heavy atom. The van der Waals surface area contributed by atoms with Gasteiger partial charge in [-0.1, -0.05) is 96.2 Å². The number of nitrogens with one attached hydrogen (secondary N) is 3. The number of amides is 2. The lowest BCUT2D eigenvalue weighted by Gasteiger charge is -2.44. The number of hydrogen-bond acceptors (Lipinski definition) is 22. The Bertz CT molecular complexity index is 3470. The number of fused-ring (bicyclic) bond motifs is 2. The molecule has 0 spiro atoms. The van der Waals surface area contributed by atoms with Crippen LogP contribution in [0, 0.1) is 45.8 Å². The highest BCUT2D eigenvalue weighted by Crippen LogP contribution is 2.59. The third kappa shape index (κ3) is 15.7. The van der Waals surface area contributed by atoms with E-state index in [1.54, 1.807) is 48.7 Å². The molecule has 0 aliphatic carbocycles. The van der Waals surface area contributed by atoms with Crippen LogP contribution in [-0.4, -0.2) is 133 Å². The quantitative estimate of drug-likeness (QED) is 0.0132. The van der Waals surface area contributed by atoms with Gasteiger partial charge in [0.2, 0.25) is 11.9 Å². The van der Waals surface area contributed by atoms with Gasteiger partial charge in [0.25, 0.3) is 11.5 Å². The third-order valence-corrected chi connectivity index (χ3v) is 28.5. The van der Waals surface area contributed by atoms with E-state index >= 15 is 0 Å². The first-order valence-electron chi connectivity index (χ1n) is 27.3. The number of rotatable bonds is 26. The predicted octanol–water partition coefficient (Wildman–Crippen LogP) is 9.32. The van der Waals surface area contributed by atoms with Gasteiger partial charge in [0.1, 0.15) is 30.7 Å². The topological polar surface area (TPSA) is 357 Å². The monoisotopic (exact) mass is 1380 g/mol. The molecule has 6 heterocycles. The molecular formula is C52H72IN13O14P2SSi2. The number of aromatic amines is 1. The summed E-state index contributed by atoms with van der Waals surface area (Å²) in [5.41, 5.74) is -0.246. The van der Waals surface area contributed by atoms with E-state index in [1.165, 1.54) is 23.5 Å². The van der Waals surface area contributed by atoms with Crippen LogP contribution in [0.1, 0.15) is 97.5 Å². The molecule has 27 nitrogen and oxygen atoms in total.